The van der Waals surface area contributed by atoms with E-state index in [2.05, 4.69) is 5.32 Å². The van der Waals surface area contributed by atoms with Crippen molar-refractivity contribution in [3.05, 3.63) is 0 Å². The molecule has 6 heteroatoms. The van der Waals surface area contributed by atoms with Crippen LogP contribution in [0.25, 0.3) is 0 Å². The number of nitrogens with zero attached hydrogens (tertiary/aromatic N) is 1. The number of nitrogens with one attached hydrogen (secondary N) is 1. The lowest BCUT2D eigenvalue weighted by Gasteiger charge is -2.37. The number of piperidine rings is 1. The second-order valence-corrected chi connectivity index (χ2v) is 6.29. The lowest BCUT2D eigenvalue weighted by molar-refractivity contribution is -0.142. The minimum Gasteiger partial charge on any atom is -0.481 e. The molecular weight excluding hydrogens is 260 g/mol. The Morgan fingerprint density at radius 3 is 2.25 bits per heavy atom. The van der Waals surface area contributed by atoms with Crippen LogP contribution in [0.1, 0.15) is 39.5 Å². The normalized spacial score (nSPS) is 30.4. The Morgan fingerprint density at radius 2 is 1.80 bits per heavy atom. The molecule has 2 bridgehead atoms. The van der Waals surface area contributed by atoms with Crippen LogP contribution in [-0.4, -0.2) is 51.8 Å². The first-order valence-corrected chi connectivity index (χ1v) is 7.37. The number of amides is 2. The largest absolute Gasteiger partial charge is 0.481 e. The number of aliphatic carboxylic acids is 1. The third-order valence-corrected chi connectivity index (χ3v) is 4.54. The summed E-state index contributed by atoms with van der Waals surface area (Å²) in [4.78, 5) is 25.2. The fourth-order valence-corrected chi connectivity index (χ4v) is 3.38. The number of carbonyl (C=O) groups excluding carboxylic acids is 1. The van der Waals surface area contributed by atoms with Gasteiger partial charge in [-0.1, -0.05) is 13.8 Å². The molecule has 0 aromatic carbocycles. The van der Waals surface area contributed by atoms with Crippen LogP contribution in [0.15, 0.2) is 0 Å². The van der Waals surface area contributed by atoms with Gasteiger partial charge in [-0.3, -0.25) is 4.79 Å². The summed E-state index contributed by atoms with van der Waals surface area (Å²) < 4.78 is 0. The highest BCUT2D eigenvalue weighted by Crippen LogP contribution is 2.35. The number of hydrogen-bond acceptors (Lipinski definition) is 3. The van der Waals surface area contributed by atoms with Gasteiger partial charge in [-0.15, -0.1) is 0 Å². The van der Waals surface area contributed by atoms with Gasteiger partial charge in [-0.25, -0.2) is 4.79 Å². The van der Waals surface area contributed by atoms with Crippen molar-refractivity contribution in [2.45, 2.75) is 57.7 Å². The molecule has 3 N–H and O–H groups in total. The number of rotatable bonds is 4. The van der Waals surface area contributed by atoms with E-state index in [1.807, 2.05) is 18.7 Å². The van der Waals surface area contributed by atoms with Crippen molar-refractivity contribution in [1.29, 1.82) is 0 Å². The molecule has 0 spiro atoms. The van der Waals surface area contributed by atoms with Crippen molar-refractivity contribution in [3.8, 4) is 0 Å². The Bertz CT molecular complexity index is 371. The van der Waals surface area contributed by atoms with E-state index >= 15 is 0 Å². The Balaban J connectivity index is 1.91. The highest BCUT2D eigenvalue weighted by molar-refractivity contribution is 5.77. The Hall–Kier alpha value is -1.30. The molecule has 2 rings (SSSR count). The predicted molar refractivity (Wildman–Crippen MR) is 73.3 cm³/mol. The van der Waals surface area contributed by atoms with Crippen molar-refractivity contribution < 1.29 is 19.8 Å². The molecule has 2 saturated heterocycles. The number of aliphatic hydroxyl groups is 1. The van der Waals surface area contributed by atoms with E-state index in [0.29, 0.717) is 12.8 Å². The van der Waals surface area contributed by atoms with Crippen molar-refractivity contribution in [2.24, 2.45) is 11.8 Å². The minimum absolute atomic E-state index is 0.0206. The summed E-state index contributed by atoms with van der Waals surface area (Å²) >= 11 is 0. The van der Waals surface area contributed by atoms with Crippen LogP contribution in [0.2, 0.25) is 0 Å². The summed E-state index contributed by atoms with van der Waals surface area (Å²) in [5.74, 6) is -1.46. The number of carboxylic acid groups (broad SMARTS) is 1. The quantitative estimate of drug-likeness (QED) is 0.719. The van der Waals surface area contributed by atoms with Crippen LogP contribution in [0.4, 0.5) is 4.79 Å². The molecule has 6 nitrogen and oxygen atoms in total. The molecule has 0 saturated carbocycles. The molecule has 2 aliphatic rings. The zero-order valence-corrected chi connectivity index (χ0v) is 12.1. The molecule has 3 atom stereocenters. The third-order valence-electron chi connectivity index (χ3n) is 4.54. The Kier molecular flexibility index (Phi) is 4.52. The first-order valence-electron chi connectivity index (χ1n) is 7.37. The summed E-state index contributed by atoms with van der Waals surface area (Å²) in [6.45, 7) is 3.84. The van der Waals surface area contributed by atoms with Gasteiger partial charge < -0.3 is 20.4 Å². The van der Waals surface area contributed by atoms with Crippen LogP contribution in [0.5, 0.6) is 0 Å². The molecule has 2 aliphatic heterocycles. The summed E-state index contributed by atoms with van der Waals surface area (Å²) in [7, 11) is 0. The molecule has 2 amide bonds. The number of aliphatic hydroxyl groups excluding tert-OH is 1. The Labute approximate surface area is 119 Å². The first kappa shape index (κ1) is 15.1. The lowest BCUT2D eigenvalue weighted by atomic mass is 9.96. The number of urea groups is 1. The molecular formula is C14H24N2O4. The first-order chi connectivity index (χ1) is 9.40. The van der Waals surface area contributed by atoms with E-state index in [4.69, 9.17) is 5.11 Å². The second-order valence-electron chi connectivity index (χ2n) is 6.29. The Morgan fingerprint density at radius 1 is 1.25 bits per heavy atom. The maximum absolute atomic E-state index is 12.3. The maximum atomic E-state index is 12.3. The van der Waals surface area contributed by atoms with Crippen LogP contribution >= 0.6 is 0 Å². The van der Waals surface area contributed by atoms with Gasteiger partial charge in [-0.2, -0.15) is 0 Å². The maximum Gasteiger partial charge on any atom is 0.317 e. The number of carboxylic acids is 1. The van der Waals surface area contributed by atoms with E-state index in [1.165, 1.54) is 0 Å². The summed E-state index contributed by atoms with van der Waals surface area (Å²) in [6.07, 6.45) is 2.83. The van der Waals surface area contributed by atoms with Crippen molar-refractivity contribution in [3.63, 3.8) is 0 Å². The number of fused-ring (bicyclic) bond motifs is 2. The van der Waals surface area contributed by atoms with Gasteiger partial charge >= 0.3 is 12.0 Å². The van der Waals surface area contributed by atoms with Crippen LogP contribution in [0, 0.1) is 11.8 Å². The van der Waals surface area contributed by atoms with Crippen LogP contribution < -0.4 is 5.32 Å². The van der Waals surface area contributed by atoms with Crippen LogP contribution in [-0.2, 0) is 4.79 Å². The van der Waals surface area contributed by atoms with Crippen molar-refractivity contribution in [1.82, 2.24) is 10.2 Å². The standard InChI is InChI=1S/C14H24N2O4/c1-8(2)12(13(18)19)7-15-14(20)16-9-3-4-10(16)6-11(17)5-9/h8-12,17H,3-7H2,1-2H3,(H,15,20)(H,18,19). The van der Waals surface area contributed by atoms with Gasteiger partial charge in [0, 0.05) is 18.6 Å². The molecule has 20 heavy (non-hydrogen) atoms. The second kappa shape index (κ2) is 5.99. The smallest absolute Gasteiger partial charge is 0.317 e. The summed E-state index contributed by atoms with van der Waals surface area (Å²) in [5, 5.41) is 21.6. The summed E-state index contributed by atoms with van der Waals surface area (Å²) in [6, 6.07) is 0.0217. The average molecular weight is 284 g/mol. The average Bonchev–Trinajstić information content (AvgIpc) is 2.61. The predicted octanol–water partition coefficient (Wildman–Crippen LogP) is 1.04. The summed E-state index contributed by atoms with van der Waals surface area (Å²) in [5.41, 5.74) is 0. The molecule has 0 aromatic heterocycles. The number of carbonyl (C=O) groups is 2. The van der Waals surface area contributed by atoms with Crippen LogP contribution in [0.3, 0.4) is 0 Å². The van der Waals surface area contributed by atoms with Gasteiger partial charge in [0.05, 0.1) is 12.0 Å². The number of hydrogen-bond donors (Lipinski definition) is 3. The molecule has 2 heterocycles. The topological polar surface area (TPSA) is 89.9 Å². The molecule has 2 fully saturated rings. The van der Waals surface area contributed by atoms with E-state index in [-0.39, 0.29) is 36.7 Å². The van der Waals surface area contributed by atoms with Gasteiger partial charge in [0.1, 0.15) is 0 Å². The molecule has 3 unspecified atom stereocenters. The van der Waals surface area contributed by atoms with E-state index in [1.54, 1.807) is 0 Å². The van der Waals surface area contributed by atoms with Crippen molar-refractivity contribution in [2.75, 3.05) is 6.54 Å². The fourth-order valence-electron chi connectivity index (χ4n) is 3.38. The van der Waals surface area contributed by atoms with Gasteiger partial charge in [0.25, 0.3) is 0 Å². The van der Waals surface area contributed by atoms with Crippen molar-refractivity contribution >= 4 is 12.0 Å². The van der Waals surface area contributed by atoms with Gasteiger partial charge in [0.15, 0.2) is 0 Å². The molecule has 0 aliphatic carbocycles. The highest BCUT2D eigenvalue weighted by atomic mass is 16.4. The van der Waals surface area contributed by atoms with E-state index in [0.717, 1.165) is 12.8 Å². The zero-order chi connectivity index (χ0) is 14.9. The molecule has 114 valence electrons. The molecule has 0 aromatic rings. The SMILES string of the molecule is CC(C)C(CNC(=O)N1C2CCC1CC(O)C2)C(=O)O. The monoisotopic (exact) mass is 284 g/mol. The zero-order valence-electron chi connectivity index (χ0n) is 12.1. The molecule has 0 radical (unpaired) electrons. The van der Waals surface area contributed by atoms with E-state index in [9.17, 15) is 14.7 Å². The lowest BCUT2D eigenvalue weighted by Crippen LogP contribution is -2.53. The minimum atomic E-state index is -0.877. The van der Waals surface area contributed by atoms with E-state index < -0.39 is 11.9 Å². The third kappa shape index (κ3) is 3.06. The fraction of sp³-hybridized carbons (Fsp3) is 0.857. The van der Waals surface area contributed by atoms with Gasteiger partial charge in [0.2, 0.25) is 0 Å². The van der Waals surface area contributed by atoms with Gasteiger partial charge in [-0.05, 0) is 31.6 Å². The highest BCUT2D eigenvalue weighted by Gasteiger charge is 2.42.